The van der Waals surface area contributed by atoms with E-state index in [-0.39, 0.29) is 0 Å². The van der Waals surface area contributed by atoms with Gasteiger partial charge < -0.3 is 10.1 Å². The van der Waals surface area contributed by atoms with Crippen molar-refractivity contribution in [2.45, 2.75) is 71.4 Å². The third-order valence-electron chi connectivity index (χ3n) is 3.57. The second kappa shape index (κ2) is 8.08. The molecule has 1 saturated heterocycles. The SMILES string of the molecule is CCCCCC(NCCC)C1COC(C)C1. The number of hydrogen-bond acceptors (Lipinski definition) is 2. The summed E-state index contributed by atoms with van der Waals surface area (Å²) in [7, 11) is 0. The predicted molar refractivity (Wildman–Crippen MR) is 69.7 cm³/mol. The molecule has 1 aliphatic rings. The summed E-state index contributed by atoms with van der Waals surface area (Å²) in [6.45, 7) is 8.83. The molecule has 1 aliphatic heterocycles. The minimum atomic E-state index is 0.474. The van der Waals surface area contributed by atoms with E-state index in [0.717, 1.165) is 19.1 Å². The molecule has 1 fully saturated rings. The van der Waals surface area contributed by atoms with Crippen LogP contribution in [0.1, 0.15) is 59.3 Å². The van der Waals surface area contributed by atoms with Gasteiger partial charge >= 0.3 is 0 Å². The molecule has 0 saturated carbocycles. The van der Waals surface area contributed by atoms with Crippen LogP contribution in [0.2, 0.25) is 0 Å². The zero-order valence-corrected chi connectivity index (χ0v) is 11.3. The van der Waals surface area contributed by atoms with Crippen molar-refractivity contribution in [3.8, 4) is 0 Å². The van der Waals surface area contributed by atoms with Gasteiger partial charge in [-0.25, -0.2) is 0 Å². The van der Waals surface area contributed by atoms with Gasteiger partial charge in [-0.3, -0.25) is 0 Å². The van der Waals surface area contributed by atoms with Crippen LogP contribution in [0.15, 0.2) is 0 Å². The smallest absolute Gasteiger partial charge is 0.0551 e. The van der Waals surface area contributed by atoms with Gasteiger partial charge in [-0.05, 0) is 32.7 Å². The first-order chi connectivity index (χ1) is 7.77. The molecule has 16 heavy (non-hydrogen) atoms. The molecule has 1 heterocycles. The molecular weight excluding hydrogens is 198 g/mol. The Labute approximate surface area is 101 Å². The fourth-order valence-electron chi connectivity index (χ4n) is 2.58. The summed E-state index contributed by atoms with van der Waals surface area (Å²) in [5.74, 6) is 0.749. The molecule has 0 radical (unpaired) electrons. The summed E-state index contributed by atoms with van der Waals surface area (Å²) in [6, 6.07) is 0.691. The summed E-state index contributed by atoms with van der Waals surface area (Å²) in [5.41, 5.74) is 0. The molecule has 0 aromatic heterocycles. The molecule has 0 spiro atoms. The molecule has 2 nitrogen and oxygen atoms in total. The highest BCUT2D eigenvalue weighted by molar-refractivity contribution is 4.82. The Morgan fingerprint density at radius 2 is 2.06 bits per heavy atom. The third kappa shape index (κ3) is 4.84. The standard InChI is InChI=1S/C14H29NO/c1-4-6-7-8-14(15-9-5-2)13-10-12(3)16-11-13/h12-15H,4-11H2,1-3H3. The van der Waals surface area contributed by atoms with Crippen molar-refractivity contribution in [2.75, 3.05) is 13.2 Å². The van der Waals surface area contributed by atoms with E-state index < -0.39 is 0 Å². The van der Waals surface area contributed by atoms with Gasteiger partial charge in [-0.1, -0.05) is 33.1 Å². The summed E-state index contributed by atoms with van der Waals surface area (Å²) in [5, 5.41) is 3.71. The van der Waals surface area contributed by atoms with Gasteiger partial charge in [0.05, 0.1) is 12.7 Å². The molecule has 2 heteroatoms. The van der Waals surface area contributed by atoms with Gasteiger partial charge in [0.2, 0.25) is 0 Å². The first-order valence-corrected chi connectivity index (χ1v) is 7.12. The van der Waals surface area contributed by atoms with Crippen LogP contribution in [-0.4, -0.2) is 25.3 Å². The van der Waals surface area contributed by atoms with Crippen molar-refractivity contribution < 1.29 is 4.74 Å². The molecule has 0 amide bonds. The lowest BCUT2D eigenvalue weighted by Gasteiger charge is -2.23. The highest BCUT2D eigenvalue weighted by Gasteiger charge is 2.28. The maximum atomic E-state index is 5.69. The van der Waals surface area contributed by atoms with E-state index in [1.807, 2.05) is 0 Å². The van der Waals surface area contributed by atoms with E-state index in [1.54, 1.807) is 0 Å². The molecule has 0 aromatic carbocycles. The summed E-state index contributed by atoms with van der Waals surface area (Å²) < 4.78 is 5.69. The average molecular weight is 227 g/mol. The van der Waals surface area contributed by atoms with Crippen LogP contribution in [0.5, 0.6) is 0 Å². The van der Waals surface area contributed by atoms with Crippen molar-refractivity contribution in [1.29, 1.82) is 0 Å². The Kier molecular flexibility index (Phi) is 7.06. The quantitative estimate of drug-likeness (QED) is 0.642. The van der Waals surface area contributed by atoms with Crippen LogP contribution in [0, 0.1) is 5.92 Å². The predicted octanol–water partition coefficient (Wildman–Crippen LogP) is 3.36. The van der Waals surface area contributed by atoms with Crippen molar-refractivity contribution in [3.05, 3.63) is 0 Å². The lowest BCUT2D eigenvalue weighted by Crippen LogP contribution is -2.37. The van der Waals surface area contributed by atoms with Crippen LogP contribution in [-0.2, 0) is 4.74 Å². The van der Waals surface area contributed by atoms with E-state index in [2.05, 4.69) is 26.1 Å². The average Bonchev–Trinajstić information content (AvgIpc) is 2.70. The van der Waals surface area contributed by atoms with Crippen LogP contribution < -0.4 is 5.32 Å². The van der Waals surface area contributed by atoms with E-state index in [0.29, 0.717) is 12.1 Å². The molecule has 96 valence electrons. The Morgan fingerprint density at radius 3 is 2.62 bits per heavy atom. The maximum absolute atomic E-state index is 5.69. The van der Waals surface area contributed by atoms with Crippen LogP contribution in [0.25, 0.3) is 0 Å². The van der Waals surface area contributed by atoms with Gasteiger partial charge in [0.15, 0.2) is 0 Å². The number of nitrogens with one attached hydrogen (secondary N) is 1. The lowest BCUT2D eigenvalue weighted by atomic mass is 9.92. The van der Waals surface area contributed by atoms with Crippen LogP contribution >= 0.6 is 0 Å². The van der Waals surface area contributed by atoms with Gasteiger partial charge in [0.25, 0.3) is 0 Å². The van der Waals surface area contributed by atoms with Gasteiger partial charge in [0.1, 0.15) is 0 Å². The van der Waals surface area contributed by atoms with E-state index in [1.165, 1.54) is 38.5 Å². The van der Waals surface area contributed by atoms with E-state index in [4.69, 9.17) is 4.74 Å². The molecule has 0 bridgehead atoms. The zero-order chi connectivity index (χ0) is 11.8. The second-order valence-electron chi connectivity index (χ2n) is 5.20. The molecule has 3 unspecified atom stereocenters. The Bertz CT molecular complexity index is 172. The number of rotatable bonds is 8. The maximum Gasteiger partial charge on any atom is 0.0551 e. The molecule has 0 aromatic rings. The molecule has 3 atom stereocenters. The van der Waals surface area contributed by atoms with E-state index in [9.17, 15) is 0 Å². The first kappa shape index (κ1) is 14.0. The van der Waals surface area contributed by atoms with Crippen molar-refractivity contribution in [2.24, 2.45) is 5.92 Å². The van der Waals surface area contributed by atoms with Crippen molar-refractivity contribution >= 4 is 0 Å². The van der Waals surface area contributed by atoms with Crippen LogP contribution in [0.4, 0.5) is 0 Å². The fourth-order valence-corrected chi connectivity index (χ4v) is 2.58. The normalized spacial score (nSPS) is 27.2. The summed E-state index contributed by atoms with van der Waals surface area (Å²) in [6.07, 6.45) is 8.33. The lowest BCUT2D eigenvalue weighted by molar-refractivity contribution is 0.116. The van der Waals surface area contributed by atoms with Crippen LogP contribution in [0.3, 0.4) is 0 Å². The molecule has 0 aliphatic carbocycles. The first-order valence-electron chi connectivity index (χ1n) is 7.12. The monoisotopic (exact) mass is 227 g/mol. The fraction of sp³-hybridized carbons (Fsp3) is 1.00. The van der Waals surface area contributed by atoms with Gasteiger partial charge in [0, 0.05) is 12.0 Å². The Balaban J connectivity index is 2.30. The van der Waals surface area contributed by atoms with Crippen molar-refractivity contribution in [3.63, 3.8) is 0 Å². The Hall–Kier alpha value is -0.0800. The molecular formula is C14H29NO. The van der Waals surface area contributed by atoms with Gasteiger partial charge in [-0.15, -0.1) is 0 Å². The number of unbranched alkanes of at least 4 members (excludes halogenated alkanes) is 2. The summed E-state index contributed by atoms with van der Waals surface area (Å²) >= 11 is 0. The minimum Gasteiger partial charge on any atom is -0.378 e. The van der Waals surface area contributed by atoms with E-state index >= 15 is 0 Å². The van der Waals surface area contributed by atoms with Crippen molar-refractivity contribution in [1.82, 2.24) is 5.32 Å². The minimum absolute atomic E-state index is 0.474. The highest BCUT2D eigenvalue weighted by Crippen LogP contribution is 2.25. The highest BCUT2D eigenvalue weighted by atomic mass is 16.5. The zero-order valence-electron chi connectivity index (χ0n) is 11.3. The topological polar surface area (TPSA) is 21.3 Å². The second-order valence-corrected chi connectivity index (χ2v) is 5.20. The molecule has 1 N–H and O–H groups in total. The Morgan fingerprint density at radius 1 is 1.25 bits per heavy atom. The third-order valence-corrected chi connectivity index (χ3v) is 3.57. The largest absolute Gasteiger partial charge is 0.378 e. The number of ether oxygens (including phenoxy) is 1. The van der Waals surface area contributed by atoms with Gasteiger partial charge in [-0.2, -0.15) is 0 Å². The number of hydrogen-bond donors (Lipinski definition) is 1. The molecule has 1 rings (SSSR count). The summed E-state index contributed by atoms with van der Waals surface area (Å²) in [4.78, 5) is 0.